The fourth-order valence-electron chi connectivity index (χ4n) is 1.93. The summed E-state index contributed by atoms with van der Waals surface area (Å²) in [6.45, 7) is 8.03. The summed E-state index contributed by atoms with van der Waals surface area (Å²) in [5.41, 5.74) is 0. The summed E-state index contributed by atoms with van der Waals surface area (Å²) < 4.78 is 0. The summed E-state index contributed by atoms with van der Waals surface area (Å²) in [4.78, 5) is 0. The molecule has 0 aromatic carbocycles. The van der Waals surface area contributed by atoms with E-state index in [4.69, 9.17) is 0 Å². The van der Waals surface area contributed by atoms with Gasteiger partial charge >= 0.3 is 26.2 Å². The monoisotopic (exact) mass is 330 g/mol. The van der Waals surface area contributed by atoms with Crippen LogP contribution in [0.5, 0.6) is 0 Å². The molecule has 0 amide bonds. The van der Waals surface area contributed by atoms with Crippen LogP contribution in [0.25, 0.3) is 0 Å². The predicted molar refractivity (Wildman–Crippen MR) is 79.2 cm³/mol. The van der Waals surface area contributed by atoms with Crippen molar-refractivity contribution in [3.63, 3.8) is 0 Å². The Morgan fingerprint density at radius 2 is 0.737 bits per heavy atom. The van der Waals surface area contributed by atoms with Crippen molar-refractivity contribution in [3.8, 4) is 0 Å². The van der Waals surface area contributed by atoms with Gasteiger partial charge in [-0.05, 0) is 64.2 Å². The molecule has 0 heterocycles. The third-order valence-electron chi connectivity index (χ3n) is 3.18. The molecule has 0 aliphatic heterocycles. The first kappa shape index (κ1) is 19.9. The molecule has 1 heteroatoms. The first-order chi connectivity index (χ1) is 8.80. The normalized spacial score (nSPS) is 29.4. The minimum atomic E-state index is 0. The van der Waals surface area contributed by atoms with Crippen molar-refractivity contribution in [2.24, 2.45) is 11.8 Å². The molecule has 0 bridgehead atoms. The summed E-state index contributed by atoms with van der Waals surface area (Å²) in [5.74, 6) is 1.28. The molecule has 0 nitrogen and oxygen atoms in total. The molecule has 3 aliphatic rings. The van der Waals surface area contributed by atoms with E-state index >= 15 is 0 Å². The third-order valence-corrected chi connectivity index (χ3v) is 3.18. The molecule has 3 fully saturated rings. The van der Waals surface area contributed by atoms with Gasteiger partial charge in [0.15, 0.2) is 0 Å². The van der Waals surface area contributed by atoms with Gasteiger partial charge in [0.2, 0.25) is 0 Å². The van der Waals surface area contributed by atoms with Gasteiger partial charge in [-0.3, -0.25) is 0 Å². The number of rotatable bonds is 0. The van der Waals surface area contributed by atoms with Gasteiger partial charge in [0.25, 0.3) is 0 Å². The zero-order chi connectivity index (χ0) is 13.1. The molecule has 0 aromatic heterocycles. The Morgan fingerprint density at radius 3 is 0.895 bits per heavy atom. The van der Waals surface area contributed by atoms with Crippen LogP contribution in [-0.4, -0.2) is 0 Å². The molecular weight excluding hydrogens is 307 g/mol. The van der Waals surface area contributed by atoms with Crippen LogP contribution in [-0.2, 0) is 26.2 Å². The standard InChI is InChI=1S/C8H14.2C5H5.Zr/c1-7-5-3-4-6-8(7)2;2*1-2-4-5-3-1;/h7-8H,1-6H2;2*1-5H;/q-2;;;+4/t7-,8-;;;/m1.../s1. The molecule has 3 aliphatic carbocycles. The predicted octanol–water partition coefficient (Wildman–Crippen LogP) is 4.50. The van der Waals surface area contributed by atoms with Crippen LogP contribution in [0.3, 0.4) is 0 Å². The molecule has 2 atom stereocenters. The molecule has 0 spiro atoms. The molecule has 0 saturated heterocycles. The van der Waals surface area contributed by atoms with Crippen molar-refractivity contribution < 1.29 is 26.2 Å². The van der Waals surface area contributed by atoms with Crippen LogP contribution in [0.15, 0.2) is 0 Å². The Kier molecular flexibility index (Phi) is 14.5. The van der Waals surface area contributed by atoms with E-state index in [1.54, 1.807) is 0 Å². The van der Waals surface area contributed by atoms with Gasteiger partial charge in [-0.1, -0.05) is 25.7 Å². The summed E-state index contributed by atoms with van der Waals surface area (Å²) in [7, 11) is 0. The van der Waals surface area contributed by atoms with E-state index in [0.29, 0.717) is 11.8 Å². The first-order valence-electron chi connectivity index (χ1n) is 6.80. The topological polar surface area (TPSA) is 0 Å². The Bertz CT molecular complexity index is 135. The molecule has 19 heavy (non-hydrogen) atoms. The van der Waals surface area contributed by atoms with Crippen molar-refractivity contribution in [2.75, 3.05) is 0 Å². The van der Waals surface area contributed by atoms with Crippen molar-refractivity contribution in [2.45, 2.75) is 25.7 Å². The minimum absolute atomic E-state index is 0. The number of hydrogen-bond acceptors (Lipinski definition) is 0. The Labute approximate surface area is 141 Å². The van der Waals surface area contributed by atoms with E-state index in [9.17, 15) is 0 Å². The minimum Gasteiger partial charge on any atom is -0.342 e. The smallest absolute Gasteiger partial charge is 0.342 e. The third kappa shape index (κ3) is 11.2. The largest absolute Gasteiger partial charge is 4.00 e. The maximum atomic E-state index is 4.02. The van der Waals surface area contributed by atoms with E-state index in [1.807, 2.05) is 64.2 Å². The van der Waals surface area contributed by atoms with E-state index in [-0.39, 0.29) is 26.2 Å². The Morgan fingerprint density at radius 1 is 0.526 bits per heavy atom. The molecule has 3 saturated carbocycles. The zero-order valence-corrected chi connectivity index (χ0v) is 14.1. The summed E-state index contributed by atoms with van der Waals surface area (Å²) in [6, 6.07) is 0. The van der Waals surface area contributed by atoms with Gasteiger partial charge in [0.1, 0.15) is 0 Å². The second kappa shape index (κ2) is 13.8. The SMILES string of the molecule is [CH2-][C@@H]1CCCC[C@H]1[CH2-].[CH]1[CH][CH][CH][CH]1.[CH]1[CH][CH][CH][CH]1.[Zr+4]. The van der Waals surface area contributed by atoms with Gasteiger partial charge in [-0.25, -0.2) is 0 Å². The Hall–Kier alpha value is 0.883. The molecule has 0 unspecified atom stereocenters. The summed E-state index contributed by atoms with van der Waals surface area (Å²) >= 11 is 0. The molecular formula is C18H24Zr+2. The maximum Gasteiger partial charge on any atom is 4.00 e. The van der Waals surface area contributed by atoms with Crippen molar-refractivity contribution in [3.05, 3.63) is 78.1 Å². The van der Waals surface area contributed by atoms with Crippen LogP contribution >= 0.6 is 0 Å². The van der Waals surface area contributed by atoms with Crippen molar-refractivity contribution in [1.29, 1.82) is 0 Å². The van der Waals surface area contributed by atoms with Crippen LogP contribution in [0.1, 0.15) is 25.7 Å². The summed E-state index contributed by atoms with van der Waals surface area (Å²) in [6.07, 6.45) is 25.3. The van der Waals surface area contributed by atoms with Gasteiger partial charge in [-0.15, -0.1) is 0 Å². The zero-order valence-electron chi connectivity index (χ0n) is 11.7. The van der Waals surface area contributed by atoms with Gasteiger partial charge in [0.05, 0.1) is 0 Å². The fourth-order valence-corrected chi connectivity index (χ4v) is 1.93. The van der Waals surface area contributed by atoms with E-state index < -0.39 is 0 Å². The molecule has 98 valence electrons. The van der Waals surface area contributed by atoms with Crippen LogP contribution in [0.4, 0.5) is 0 Å². The molecule has 0 aromatic rings. The summed E-state index contributed by atoms with van der Waals surface area (Å²) in [5, 5.41) is 0. The van der Waals surface area contributed by atoms with Crippen molar-refractivity contribution in [1.82, 2.24) is 0 Å². The van der Waals surface area contributed by atoms with Gasteiger partial charge in [0, 0.05) is 0 Å². The van der Waals surface area contributed by atoms with E-state index in [0.717, 1.165) is 0 Å². The molecule has 10 radical (unpaired) electrons. The molecule has 3 rings (SSSR count). The molecule has 0 N–H and O–H groups in total. The second-order valence-corrected chi connectivity index (χ2v) is 4.73. The number of hydrogen-bond donors (Lipinski definition) is 0. The fraction of sp³-hybridized carbons (Fsp3) is 0.333. The quantitative estimate of drug-likeness (QED) is 0.573. The Balaban J connectivity index is 0.000000259. The first-order valence-corrected chi connectivity index (χ1v) is 6.80. The van der Waals surface area contributed by atoms with Crippen LogP contribution in [0, 0.1) is 89.9 Å². The van der Waals surface area contributed by atoms with E-state index in [1.165, 1.54) is 25.7 Å². The second-order valence-electron chi connectivity index (χ2n) is 4.73. The van der Waals surface area contributed by atoms with Gasteiger partial charge in [-0.2, -0.15) is 11.8 Å². The van der Waals surface area contributed by atoms with Crippen LogP contribution in [0.2, 0.25) is 0 Å². The average Bonchev–Trinajstić information content (AvgIpc) is 3.11. The van der Waals surface area contributed by atoms with Crippen LogP contribution < -0.4 is 0 Å². The maximum absolute atomic E-state index is 4.02. The van der Waals surface area contributed by atoms with E-state index in [2.05, 4.69) is 13.8 Å². The van der Waals surface area contributed by atoms with Gasteiger partial charge < -0.3 is 13.8 Å². The average molecular weight is 332 g/mol. The van der Waals surface area contributed by atoms with Crippen molar-refractivity contribution >= 4 is 0 Å².